The van der Waals surface area contributed by atoms with Crippen LogP contribution in [0.5, 0.6) is 0 Å². The number of allylic oxidation sites excluding steroid dienone is 2. The molecule has 38 heavy (non-hydrogen) atoms. The van der Waals surface area contributed by atoms with Gasteiger partial charge < -0.3 is 15.1 Å². The lowest BCUT2D eigenvalue weighted by Crippen LogP contribution is -2.76. The van der Waals surface area contributed by atoms with E-state index in [1.807, 2.05) is 13.8 Å². The molecule has 2 heterocycles. The maximum atomic E-state index is 14.1. The number of urea groups is 1. The molecule has 0 saturated carbocycles. The van der Waals surface area contributed by atoms with Gasteiger partial charge in [-0.3, -0.25) is 9.59 Å². The van der Waals surface area contributed by atoms with E-state index in [4.69, 9.17) is 0 Å². The number of fused-ring (bicyclic) bond motifs is 1. The maximum absolute atomic E-state index is 14.1. The zero-order chi connectivity index (χ0) is 27.6. The largest absolute Gasteiger partial charge is 0.334 e. The molecule has 0 aromatic heterocycles. The van der Waals surface area contributed by atoms with Crippen molar-refractivity contribution in [1.29, 1.82) is 0 Å². The predicted octanol–water partition coefficient (Wildman–Crippen LogP) is 3.93. The molecule has 4 rings (SSSR count). The zero-order valence-electron chi connectivity index (χ0n) is 22.5. The van der Waals surface area contributed by atoms with E-state index in [-0.39, 0.29) is 49.7 Å². The van der Waals surface area contributed by atoms with Gasteiger partial charge in [0, 0.05) is 20.0 Å². The third kappa shape index (κ3) is 5.75. The van der Waals surface area contributed by atoms with E-state index in [2.05, 4.69) is 5.32 Å². The number of hydrogen-bond acceptors (Lipinski definition) is 4. The quantitative estimate of drug-likeness (QED) is 0.581. The second kappa shape index (κ2) is 11.2. The highest BCUT2D eigenvalue weighted by Crippen LogP contribution is 2.33. The minimum Gasteiger partial charge on any atom is -0.333 e. The molecule has 2 fully saturated rings. The molecule has 1 aromatic rings. The number of unbranched alkanes of at least 4 members (excludes halogenated alkanes) is 1. The summed E-state index contributed by atoms with van der Waals surface area (Å²) in [5, 5.41) is 5.98. The monoisotopic (exact) mass is 529 g/mol. The topological polar surface area (TPSA) is 76.2 Å². The molecule has 0 radical (unpaired) electrons. The van der Waals surface area contributed by atoms with E-state index in [1.54, 1.807) is 46.1 Å². The van der Waals surface area contributed by atoms with Crippen LogP contribution in [0, 0.1) is 5.82 Å². The van der Waals surface area contributed by atoms with Crippen LogP contribution >= 0.6 is 0 Å². The summed E-state index contributed by atoms with van der Waals surface area (Å²) in [6, 6.07) is 4.54. The summed E-state index contributed by atoms with van der Waals surface area (Å²) in [5.74, 6) is -0.735. The van der Waals surface area contributed by atoms with Gasteiger partial charge in [0.25, 0.3) is 0 Å². The SMILES string of the molecule is CCCC[C@H]1C(=O)N(C(C)c2ccc(F)cc2)C[C@H]2N1C(=O)CN(C)N2C(=O)NCC1=CCC(C)(F)C=C1. The average molecular weight is 530 g/mol. The molecular weight excluding hydrogens is 492 g/mol. The van der Waals surface area contributed by atoms with Gasteiger partial charge >= 0.3 is 6.03 Å². The molecule has 1 aliphatic carbocycles. The highest BCUT2D eigenvalue weighted by molar-refractivity contribution is 5.91. The Kier molecular flexibility index (Phi) is 8.20. The van der Waals surface area contributed by atoms with Crippen LogP contribution in [0.1, 0.15) is 58.1 Å². The molecule has 4 amide bonds. The Bertz CT molecular complexity index is 1120. The molecule has 10 heteroatoms. The van der Waals surface area contributed by atoms with Crippen molar-refractivity contribution in [2.45, 2.75) is 70.4 Å². The van der Waals surface area contributed by atoms with E-state index in [9.17, 15) is 23.2 Å². The van der Waals surface area contributed by atoms with Crippen molar-refractivity contribution >= 4 is 17.8 Å². The van der Waals surface area contributed by atoms with Crippen molar-refractivity contribution in [2.75, 3.05) is 26.7 Å². The molecule has 2 aliphatic heterocycles. The third-order valence-corrected chi connectivity index (χ3v) is 7.60. The summed E-state index contributed by atoms with van der Waals surface area (Å²) in [5.41, 5.74) is 0.172. The lowest BCUT2D eigenvalue weighted by atomic mass is 9.96. The van der Waals surface area contributed by atoms with Gasteiger partial charge in [-0.05, 0) is 49.6 Å². The van der Waals surface area contributed by atoms with Gasteiger partial charge in [-0.15, -0.1) is 0 Å². The van der Waals surface area contributed by atoms with Crippen LogP contribution in [0.25, 0.3) is 0 Å². The number of piperazine rings is 1. The molecule has 4 atom stereocenters. The summed E-state index contributed by atoms with van der Waals surface area (Å²) in [6.45, 7) is 5.69. The number of likely N-dealkylation sites (N-methyl/N-ethyl adjacent to an activating group) is 1. The number of nitrogens with one attached hydrogen (secondary N) is 1. The number of hydrazine groups is 1. The highest BCUT2D eigenvalue weighted by Gasteiger charge is 2.51. The van der Waals surface area contributed by atoms with Crippen LogP contribution in [0.15, 0.2) is 48.1 Å². The maximum Gasteiger partial charge on any atom is 0.334 e. The zero-order valence-corrected chi connectivity index (χ0v) is 22.5. The van der Waals surface area contributed by atoms with Gasteiger partial charge in [0.2, 0.25) is 11.8 Å². The number of halogens is 2. The van der Waals surface area contributed by atoms with E-state index >= 15 is 0 Å². The second-order valence-electron chi connectivity index (χ2n) is 10.6. The summed E-state index contributed by atoms with van der Waals surface area (Å²) in [6.07, 6.45) is 6.56. The highest BCUT2D eigenvalue weighted by atomic mass is 19.1. The minimum absolute atomic E-state index is 0.0316. The predicted molar refractivity (Wildman–Crippen MR) is 140 cm³/mol. The van der Waals surface area contributed by atoms with Gasteiger partial charge in [-0.1, -0.05) is 44.1 Å². The Morgan fingerprint density at radius 1 is 1.24 bits per heavy atom. The fourth-order valence-corrected chi connectivity index (χ4v) is 5.35. The standard InChI is InChI=1S/C28H37F2N5O3/c1-5-6-7-23-26(37)33(19(2)21-8-10-22(29)11-9-21)17-24-34(23)25(36)18-32(4)35(24)27(38)31-16-20-12-14-28(3,30)15-13-20/h8-14,19,23-24H,5-7,15-18H2,1-4H3,(H,31,38)/t19?,23-,24-,28?/m0/s1. The number of alkyl halides is 1. The van der Waals surface area contributed by atoms with Crippen molar-refractivity contribution < 1.29 is 23.2 Å². The molecular formula is C28H37F2N5O3. The number of carbonyl (C=O) groups excluding carboxylic acids is 3. The summed E-state index contributed by atoms with van der Waals surface area (Å²) in [4.78, 5) is 43.7. The number of carbonyl (C=O) groups is 3. The molecule has 1 N–H and O–H groups in total. The lowest BCUT2D eigenvalue weighted by molar-refractivity contribution is -0.189. The van der Waals surface area contributed by atoms with Crippen LogP contribution in [0.2, 0.25) is 0 Å². The first-order chi connectivity index (χ1) is 18.0. The van der Waals surface area contributed by atoms with Crippen LogP contribution in [0.4, 0.5) is 13.6 Å². The fourth-order valence-electron chi connectivity index (χ4n) is 5.35. The Morgan fingerprint density at radius 2 is 1.95 bits per heavy atom. The number of rotatable bonds is 7. The number of benzene rings is 1. The Morgan fingerprint density at radius 3 is 2.58 bits per heavy atom. The molecule has 206 valence electrons. The Hall–Kier alpha value is -3.27. The van der Waals surface area contributed by atoms with Gasteiger partial charge in [0.05, 0.1) is 19.1 Å². The molecule has 0 bridgehead atoms. The van der Waals surface area contributed by atoms with Gasteiger partial charge in [-0.2, -0.15) is 0 Å². The fraction of sp³-hybridized carbons (Fsp3) is 0.536. The molecule has 1 aromatic carbocycles. The number of hydrogen-bond donors (Lipinski definition) is 1. The van der Waals surface area contributed by atoms with Crippen LogP contribution < -0.4 is 5.32 Å². The van der Waals surface area contributed by atoms with E-state index in [0.717, 1.165) is 24.0 Å². The van der Waals surface area contributed by atoms with E-state index in [0.29, 0.717) is 6.42 Å². The molecule has 0 spiro atoms. The van der Waals surface area contributed by atoms with Crippen molar-refractivity contribution in [1.82, 2.24) is 25.1 Å². The Balaban J connectivity index is 1.59. The summed E-state index contributed by atoms with van der Waals surface area (Å²) in [7, 11) is 1.67. The van der Waals surface area contributed by atoms with Crippen molar-refractivity contribution in [3.8, 4) is 0 Å². The summed E-state index contributed by atoms with van der Waals surface area (Å²) < 4.78 is 27.6. The third-order valence-electron chi connectivity index (χ3n) is 7.60. The van der Waals surface area contributed by atoms with Crippen LogP contribution in [-0.2, 0) is 9.59 Å². The normalized spacial score (nSPS) is 26.8. The van der Waals surface area contributed by atoms with Crippen molar-refractivity contribution in [2.24, 2.45) is 0 Å². The van der Waals surface area contributed by atoms with Gasteiger partial charge in [-0.25, -0.2) is 23.6 Å². The van der Waals surface area contributed by atoms with Crippen molar-refractivity contribution in [3.05, 3.63) is 59.4 Å². The first-order valence-electron chi connectivity index (χ1n) is 13.2. The number of nitrogens with zero attached hydrogens (tertiary/aromatic N) is 4. The number of amides is 4. The molecule has 2 saturated heterocycles. The summed E-state index contributed by atoms with van der Waals surface area (Å²) >= 11 is 0. The average Bonchev–Trinajstić information content (AvgIpc) is 2.87. The minimum atomic E-state index is -1.39. The van der Waals surface area contributed by atoms with Crippen molar-refractivity contribution in [3.63, 3.8) is 0 Å². The molecule has 3 aliphatic rings. The molecule has 2 unspecified atom stereocenters. The first kappa shape index (κ1) is 27.8. The second-order valence-corrected chi connectivity index (χ2v) is 10.6. The van der Waals surface area contributed by atoms with Crippen LogP contribution in [0.3, 0.4) is 0 Å². The van der Waals surface area contributed by atoms with E-state index in [1.165, 1.54) is 30.1 Å². The van der Waals surface area contributed by atoms with E-state index < -0.39 is 23.9 Å². The lowest BCUT2D eigenvalue weighted by Gasteiger charge is -2.55. The first-order valence-corrected chi connectivity index (χ1v) is 13.2. The smallest absolute Gasteiger partial charge is 0.333 e. The van der Waals surface area contributed by atoms with Gasteiger partial charge in [0.1, 0.15) is 23.7 Å². The Labute approximate surface area is 222 Å². The molecule has 8 nitrogen and oxygen atoms in total. The van der Waals surface area contributed by atoms with Gasteiger partial charge in [0.15, 0.2) is 0 Å². The van der Waals surface area contributed by atoms with Crippen LogP contribution in [-0.4, -0.2) is 82.2 Å².